The summed E-state index contributed by atoms with van der Waals surface area (Å²) >= 11 is 0. The number of fused-ring (bicyclic) bond motifs is 2. The second-order valence-corrected chi connectivity index (χ2v) is 4.14. The molecule has 0 aliphatic carbocycles. The van der Waals surface area contributed by atoms with Crippen molar-refractivity contribution in [3.05, 3.63) is 0 Å². The predicted molar refractivity (Wildman–Crippen MR) is 51.2 cm³/mol. The molecule has 0 aromatic heterocycles. The number of hydrogen-bond donors (Lipinski definition) is 1. The molecule has 0 amide bonds. The van der Waals surface area contributed by atoms with Gasteiger partial charge in [0, 0.05) is 12.6 Å². The zero-order chi connectivity index (χ0) is 9.10. The van der Waals surface area contributed by atoms with Gasteiger partial charge in [-0.25, -0.2) is 0 Å². The van der Waals surface area contributed by atoms with Crippen LogP contribution in [-0.2, 0) is 0 Å². The molecule has 0 radical (unpaired) electrons. The van der Waals surface area contributed by atoms with Crippen molar-refractivity contribution in [1.82, 2.24) is 10.2 Å². The minimum absolute atomic E-state index is 0.515. The molecule has 0 spiro atoms. The van der Waals surface area contributed by atoms with E-state index in [1.807, 2.05) is 0 Å². The highest BCUT2D eigenvalue weighted by Crippen LogP contribution is 2.26. The maximum Gasteiger partial charge on any atom is 0.0843 e. The third kappa shape index (κ3) is 2.01. The van der Waals surface area contributed by atoms with Crippen LogP contribution in [0, 0.1) is 17.2 Å². The van der Waals surface area contributed by atoms with Crippen molar-refractivity contribution >= 4 is 0 Å². The van der Waals surface area contributed by atoms with Crippen LogP contribution in [0.1, 0.15) is 19.3 Å². The van der Waals surface area contributed by atoms with Gasteiger partial charge in [0.1, 0.15) is 0 Å². The minimum Gasteiger partial charge on any atom is -0.303 e. The molecule has 2 fully saturated rings. The average molecular weight is 179 g/mol. The Kier molecular flexibility index (Phi) is 2.82. The summed E-state index contributed by atoms with van der Waals surface area (Å²) in [6.07, 6.45) is 3.92. The van der Waals surface area contributed by atoms with Gasteiger partial charge in [-0.3, -0.25) is 0 Å². The number of nitriles is 1. The van der Waals surface area contributed by atoms with Crippen LogP contribution in [0.4, 0.5) is 0 Å². The van der Waals surface area contributed by atoms with Gasteiger partial charge in [0.25, 0.3) is 0 Å². The zero-order valence-corrected chi connectivity index (χ0v) is 8.00. The van der Waals surface area contributed by atoms with Crippen molar-refractivity contribution in [3.63, 3.8) is 0 Å². The van der Waals surface area contributed by atoms with E-state index >= 15 is 0 Å². The van der Waals surface area contributed by atoms with Crippen LogP contribution < -0.4 is 5.32 Å². The van der Waals surface area contributed by atoms with Crippen molar-refractivity contribution < 1.29 is 0 Å². The number of nitrogens with zero attached hydrogens (tertiary/aromatic N) is 2. The standard InChI is InChI=1S/C10H17N3/c11-4-5-12-10-3-7-13-6-1-2-9(10)8-13/h9-10,12H,1-3,5-8H2. The molecule has 13 heavy (non-hydrogen) atoms. The van der Waals surface area contributed by atoms with Gasteiger partial charge in [0.2, 0.25) is 0 Å². The number of nitrogens with one attached hydrogen (secondary N) is 1. The molecular weight excluding hydrogens is 162 g/mol. The highest BCUT2D eigenvalue weighted by molar-refractivity contribution is 4.90. The maximum absolute atomic E-state index is 8.50. The Morgan fingerprint density at radius 1 is 1.38 bits per heavy atom. The topological polar surface area (TPSA) is 39.1 Å². The van der Waals surface area contributed by atoms with Gasteiger partial charge >= 0.3 is 0 Å². The van der Waals surface area contributed by atoms with E-state index in [0.29, 0.717) is 12.6 Å². The van der Waals surface area contributed by atoms with Gasteiger partial charge < -0.3 is 10.2 Å². The first-order valence-corrected chi connectivity index (χ1v) is 5.23. The van der Waals surface area contributed by atoms with Gasteiger partial charge in [-0.05, 0) is 38.3 Å². The molecule has 72 valence electrons. The molecule has 0 saturated carbocycles. The fourth-order valence-electron chi connectivity index (χ4n) is 2.63. The monoisotopic (exact) mass is 179 g/mol. The number of hydrogen-bond acceptors (Lipinski definition) is 3. The van der Waals surface area contributed by atoms with E-state index in [1.54, 1.807) is 0 Å². The van der Waals surface area contributed by atoms with Crippen molar-refractivity contribution in [2.24, 2.45) is 5.92 Å². The molecule has 0 aromatic carbocycles. The molecule has 3 heteroatoms. The van der Waals surface area contributed by atoms with Crippen molar-refractivity contribution in [1.29, 1.82) is 5.26 Å². The Morgan fingerprint density at radius 2 is 2.31 bits per heavy atom. The van der Waals surface area contributed by atoms with Crippen LogP contribution in [0.5, 0.6) is 0 Å². The molecular formula is C10H17N3. The van der Waals surface area contributed by atoms with Gasteiger partial charge in [0.05, 0.1) is 12.6 Å². The Bertz CT molecular complexity index is 209. The van der Waals surface area contributed by atoms with Gasteiger partial charge in [-0.2, -0.15) is 5.26 Å². The summed E-state index contributed by atoms with van der Waals surface area (Å²) in [5, 5.41) is 11.8. The Morgan fingerprint density at radius 3 is 3.15 bits per heavy atom. The average Bonchev–Trinajstić information content (AvgIpc) is 2.18. The van der Waals surface area contributed by atoms with E-state index < -0.39 is 0 Å². The first kappa shape index (κ1) is 8.98. The second-order valence-electron chi connectivity index (χ2n) is 4.14. The first-order valence-electron chi connectivity index (χ1n) is 5.23. The summed E-state index contributed by atoms with van der Waals surface area (Å²) in [4.78, 5) is 2.55. The highest BCUT2D eigenvalue weighted by atomic mass is 15.2. The SMILES string of the molecule is N#CCNC1CCN2CCCC1C2. The predicted octanol–water partition coefficient (Wildman–Crippen LogP) is 0.584. The lowest BCUT2D eigenvalue weighted by Gasteiger charge is -2.42. The lowest BCUT2D eigenvalue weighted by Crippen LogP contribution is -2.52. The van der Waals surface area contributed by atoms with E-state index in [2.05, 4.69) is 16.3 Å². The third-order valence-electron chi connectivity index (χ3n) is 3.31. The highest BCUT2D eigenvalue weighted by Gasteiger charge is 2.31. The normalized spacial score (nSPS) is 38.2. The number of rotatable bonds is 2. The quantitative estimate of drug-likeness (QED) is 0.630. The van der Waals surface area contributed by atoms with E-state index in [4.69, 9.17) is 5.26 Å². The molecule has 3 nitrogen and oxygen atoms in total. The molecule has 2 aliphatic heterocycles. The summed E-state index contributed by atoms with van der Waals surface area (Å²) < 4.78 is 0. The van der Waals surface area contributed by atoms with Crippen LogP contribution >= 0.6 is 0 Å². The number of piperidine rings is 2. The van der Waals surface area contributed by atoms with Gasteiger partial charge in [-0.15, -0.1) is 0 Å². The van der Waals surface area contributed by atoms with Crippen molar-refractivity contribution in [3.8, 4) is 6.07 Å². The summed E-state index contributed by atoms with van der Waals surface area (Å²) in [5.41, 5.74) is 0. The third-order valence-corrected chi connectivity index (χ3v) is 3.31. The molecule has 2 rings (SSSR count). The van der Waals surface area contributed by atoms with E-state index in [0.717, 1.165) is 5.92 Å². The Labute approximate surface area is 79.7 Å². The van der Waals surface area contributed by atoms with Crippen LogP contribution in [-0.4, -0.2) is 37.1 Å². The maximum atomic E-state index is 8.50. The molecule has 2 aliphatic rings. The van der Waals surface area contributed by atoms with E-state index in [-0.39, 0.29) is 0 Å². The minimum atomic E-state index is 0.515. The van der Waals surface area contributed by atoms with Crippen LogP contribution in [0.3, 0.4) is 0 Å². The zero-order valence-electron chi connectivity index (χ0n) is 8.00. The largest absolute Gasteiger partial charge is 0.303 e. The fraction of sp³-hybridized carbons (Fsp3) is 0.900. The molecule has 3 atom stereocenters. The van der Waals surface area contributed by atoms with Gasteiger partial charge in [-0.1, -0.05) is 0 Å². The summed E-state index contributed by atoms with van der Waals surface area (Å²) in [7, 11) is 0. The molecule has 2 heterocycles. The molecule has 0 aromatic rings. The second kappa shape index (κ2) is 4.08. The molecule has 1 N–H and O–H groups in total. The fourth-order valence-corrected chi connectivity index (χ4v) is 2.63. The Balaban J connectivity index is 1.87. The summed E-state index contributed by atoms with van der Waals surface area (Å²) in [6, 6.07) is 2.77. The lowest BCUT2D eigenvalue weighted by molar-refractivity contribution is 0.0939. The van der Waals surface area contributed by atoms with Gasteiger partial charge in [0.15, 0.2) is 0 Å². The molecule has 2 saturated heterocycles. The van der Waals surface area contributed by atoms with E-state index in [1.165, 1.54) is 38.9 Å². The Hall–Kier alpha value is -0.590. The van der Waals surface area contributed by atoms with Crippen molar-refractivity contribution in [2.45, 2.75) is 25.3 Å². The van der Waals surface area contributed by atoms with Crippen molar-refractivity contribution in [2.75, 3.05) is 26.2 Å². The van der Waals surface area contributed by atoms with E-state index in [9.17, 15) is 0 Å². The van der Waals surface area contributed by atoms with Crippen LogP contribution in [0.25, 0.3) is 0 Å². The smallest absolute Gasteiger partial charge is 0.0843 e. The summed E-state index contributed by atoms with van der Waals surface area (Å²) in [6.45, 7) is 4.28. The molecule has 3 unspecified atom stereocenters. The summed E-state index contributed by atoms with van der Waals surface area (Å²) in [5.74, 6) is 0.802. The lowest BCUT2D eigenvalue weighted by atomic mass is 9.85. The molecule has 2 bridgehead atoms. The van der Waals surface area contributed by atoms with Crippen LogP contribution in [0.2, 0.25) is 0 Å². The first-order chi connectivity index (χ1) is 6.40. The van der Waals surface area contributed by atoms with Crippen LogP contribution in [0.15, 0.2) is 0 Å².